The fourth-order valence-corrected chi connectivity index (χ4v) is 1.19. The number of hydrogen-bond donors (Lipinski definition) is 2. The van der Waals surface area contributed by atoms with Crippen LogP contribution in [0.2, 0.25) is 0 Å². The van der Waals surface area contributed by atoms with E-state index in [4.69, 9.17) is 15.4 Å². The highest BCUT2D eigenvalue weighted by molar-refractivity contribution is 5.83. The van der Waals surface area contributed by atoms with Gasteiger partial charge in [0.1, 0.15) is 5.41 Å². The summed E-state index contributed by atoms with van der Waals surface area (Å²) < 4.78 is 4.74. The van der Waals surface area contributed by atoms with Crippen LogP contribution in [0.25, 0.3) is 0 Å². The molecular formula is C7H9N3O3. The number of carboxylic acids is 1. The Morgan fingerprint density at radius 3 is 2.77 bits per heavy atom. The minimum absolute atomic E-state index is 0.142. The van der Waals surface area contributed by atoms with E-state index in [0.717, 1.165) is 0 Å². The molecule has 3 N–H and O–H groups in total. The zero-order valence-corrected chi connectivity index (χ0v) is 6.86. The normalized spacial score (nSPS) is 18.5. The second-order valence-corrected chi connectivity index (χ2v) is 3.10. The number of nitrogens with two attached hydrogens (primary N) is 1. The van der Waals surface area contributed by atoms with Crippen molar-refractivity contribution in [3.8, 4) is 0 Å². The molecule has 13 heavy (non-hydrogen) atoms. The first kappa shape index (κ1) is 8.18. The van der Waals surface area contributed by atoms with E-state index in [1.165, 1.54) is 0 Å². The van der Waals surface area contributed by atoms with E-state index in [1.54, 1.807) is 0 Å². The lowest BCUT2D eigenvalue weighted by atomic mass is 10.1. The molecule has 1 aliphatic carbocycles. The first-order valence-electron chi connectivity index (χ1n) is 3.95. The Morgan fingerprint density at radius 1 is 1.69 bits per heavy atom. The molecule has 0 atom stereocenters. The lowest BCUT2D eigenvalue weighted by molar-refractivity contribution is -0.140. The van der Waals surface area contributed by atoms with Gasteiger partial charge in [0.15, 0.2) is 5.82 Å². The maximum Gasteiger partial charge on any atom is 0.317 e. The lowest BCUT2D eigenvalue weighted by Gasteiger charge is -2.00. The quantitative estimate of drug-likeness (QED) is 0.663. The fraction of sp³-hybridized carbons (Fsp3) is 0.571. The van der Waals surface area contributed by atoms with Crippen molar-refractivity contribution in [2.75, 3.05) is 0 Å². The van der Waals surface area contributed by atoms with Crippen LogP contribution in [0.5, 0.6) is 0 Å². The Kier molecular flexibility index (Phi) is 1.59. The molecule has 0 aliphatic heterocycles. The van der Waals surface area contributed by atoms with Crippen LogP contribution in [0.4, 0.5) is 0 Å². The summed E-state index contributed by atoms with van der Waals surface area (Å²) in [4.78, 5) is 14.7. The number of hydrogen-bond acceptors (Lipinski definition) is 5. The van der Waals surface area contributed by atoms with Crippen molar-refractivity contribution in [3.05, 3.63) is 11.7 Å². The van der Waals surface area contributed by atoms with Crippen LogP contribution in [0.3, 0.4) is 0 Å². The number of nitrogens with zero attached hydrogens (tertiary/aromatic N) is 2. The number of carboxylic acid groups (broad SMARTS) is 1. The minimum Gasteiger partial charge on any atom is -0.480 e. The van der Waals surface area contributed by atoms with Crippen LogP contribution in [0.1, 0.15) is 24.6 Å². The molecule has 0 spiro atoms. The lowest BCUT2D eigenvalue weighted by Crippen LogP contribution is -2.21. The van der Waals surface area contributed by atoms with Crippen LogP contribution in [0, 0.1) is 0 Å². The number of rotatable bonds is 3. The first-order chi connectivity index (χ1) is 6.19. The van der Waals surface area contributed by atoms with Crippen LogP contribution in [-0.4, -0.2) is 21.2 Å². The summed E-state index contributed by atoms with van der Waals surface area (Å²) in [6.45, 7) is 0.142. The predicted molar refractivity (Wildman–Crippen MR) is 40.7 cm³/mol. The van der Waals surface area contributed by atoms with Crippen LogP contribution >= 0.6 is 0 Å². The zero-order chi connectivity index (χ0) is 9.47. The summed E-state index contributed by atoms with van der Waals surface area (Å²) in [6.07, 6.45) is 1.15. The highest BCUT2D eigenvalue weighted by Gasteiger charge is 2.55. The van der Waals surface area contributed by atoms with Crippen molar-refractivity contribution in [2.45, 2.75) is 24.8 Å². The molecule has 1 aliphatic rings. The molecule has 2 rings (SSSR count). The summed E-state index contributed by atoms with van der Waals surface area (Å²) in [6, 6.07) is 0. The van der Waals surface area contributed by atoms with E-state index >= 15 is 0 Å². The van der Waals surface area contributed by atoms with Crippen molar-refractivity contribution in [3.63, 3.8) is 0 Å². The summed E-state index contributed by atoms with van der Waals surface area (Å²) in [7, 11) is 0. The molecule has 6 nitrogen and oxygen atoms in total. The molecule has 0 radical (unpaired) electrons. The number of aliphatic carboxylic acids is 1. The maximum atomic E-state index is 10.8. The van der Waals surface area contributed by atoms with Crippen molar-refractivity contribution < 1.29 is 14.4 Å². The average Bonchev–Trinajstić information content (AvgIpc) is 2.79. The largest absolute Gasteiger partial charge is 0.480 e. The highest BCUT2D eigenvalue weighted by Crippen LogP contribution is 2.46. The fourth-order valence-electron chi connectivity index (χ4n) is 1.19. The van der Waals surface area contributed by atoms with Crippen molar-refractivity contribution in [1.29, 1.82) is 0 Å². The van der Waals surface area contributed by atoms with Gasteiger partial charge in [0.2, 0.25) is 5.89 Å². The molecule has 0 aromatic carbocycles. The minimum atomic E-state index is -0.892. The standard InChI is InChI=1S/C7H9N3O3/c8-3-4-9-5(10-13-4)7(1-2-7)6(11)12/h1-3,8H2,(H,11,12). The Hall–Kier alpha value is -1.43. The molecular weight excluding hydrogens is 174 g/mol. The van der Waals surface area contributed by atoms with E-state index in [2.05, 4.69) is 10.1 Å². The molecule has 1 saturated carbocycles. The molecule has 0 amide bonds. The number of aromatic nitrogens is 2. The SMILES string of the molecule is NCc1nc(C2(C(=O)O)CC2)no1. The Labute approximate surface area is 73.7 Å². The maximum absolute atomic E-state index is 10.8. The molecule has 70 valence electrons. The second kappa shape index (κ2) is 2.53. The highest BCUT2D eigenvalue weighted by atomic mass is 16.5. The van der Waals surface area contributed by atoms with Gasteiger partial charge < -0.3 is 15.4 Å². The van der Waals surface area contributed by atoms with Gasteiger partial charge in [0, 0.05) is 0 Å². The van der Waals surface area contributed by atoms with Gasteiger partial charge in [0.05, 0.1) is 6.54 Å². The third kappa shape index (κ3) is 1.10. The second-order valence-electron chi connectivity index (χ2n) is 3.10. The molecule has 1 heterocycles. The third-order valence-corrected chi connectivity index (χ3v) is 2.23. The molecule has 1 fully saturated rings. The van der Waals surface area contributed by atoms with Gasteiger partial charge in [-0.15, -0.1) is 0 Å². The summed E-state index contributed by atoms with van der Waals surface area (Å²) in [5, 5.41) is 12.5. The van der Waals surface area contributed by atoms with Gasteiger partial charge in [-0.2, -0.15) is 4.98 Å². The molecule has 0 bridgehead atoms. The van der Waals surface area contributed by atoms with Gasteiger partial charge >= 0.3 is 5.97 Å². The number of carbonyl (C=O) groups is 1. The summed E-state index contributed by atoms with van der Waals surface area (Å²) >= 11 is 0. The van der Waals surface area contributed by atoms with E-state index in [1.807, 2.05) is 0 Å². The summed E-state index contributed by atoms with van der Waals surface area (Å²) in [5.74, 6) is -0.361. The third-order valence-electron chi connectivity index (χ3n) is 2.23. The monoisotopic (exact) mass is 183 g/mol. The van der Waals surface area contributed by atoms with E-state index in [0.29, 0.717) is 12.8 Å². The van der Waals surface area contributed by atoms with E-state index < -0.39 is 11.4 Å². The predicted octanol–water partition coefficient (Wildman–Crippen LogP) is -0.356. The van der Waals surface area contributed by atoms with Crippen molar-refractivity contribution >= 4 is 5.97 Å². The Bertz CT molecular complexity index is 343. The van der Waals surface area contributed by atoms with E-state index in [-0.39, 0.29) is 18.3 Å². The van der Waals surface area contributed by atoms with Crippen molar-refractivity contribution in [2.24, 2.45) is 5.73 Å². The van der Waals surface area contributed by atoms with Gasteiger partial charge in [-0.05, 0) is 12.8 Å². The Morgan fingerprint density at radius 2 is 2.38 bits per heavy atom. The van der Waals surface area contributed by atoms with Gasteiger partial charge in [0.25, 0.3) is 0 Å². The summed E-state index contributed by atoms with van der Waals surface area (Å²) in [5.41, 5.74) is 4.37. The molecule has 1 aromatic rings. The van der Waals surface area contributed by atoms with Gasteiger partial charge in [-0.25, -0.2) is 0 Å². The van der Waals surface area contributed by atoms with Crippen molar-refractivity contribution in [1.82, 2.24) is 10.1 Å². The van der Waals surface area contributed by atoms with Crippen LogP contribution in [-0.2, 0) is 16.8 Å². The van der Waals surface area contributed by atoms with Gasteiger partial charge in [-0.3, -0.25) is 4.79 Å². The van der Waals surface area contributed by atoms with E-state index in [9.17, 15) is 4.79 Å². The molecule has 0 saturated heterocycles. The average molecular weight is 183 g/mol. The molecule has 6 heteroatoms. The topological polar surface area (TPSA) is 102 Å². The van der Waals surface area contributed by atoms with Crippen LogP contribution in [0.15, 0.2) is 4.52 Å². The van der Waals surface area contributed by atoms with Crippen LogP contribution < -0.4 is 5.73 Å². The smallest absolute Gasteiger partial charge is 0.317 e. The molecule has 1 aromatic heterocycles. The Balaban J connectivity index is 2.30. The first-order valence-corrected chi connectivity index (χ1v) is 3.95. The van der Waals surface area contributed by atoms with Gasteiger partial charge in [-0.1, -0.05) is 5.16 Å². The zero-order valence-electron chi connectivity index (χ0n) is 6.86. The molecule has 0 unspecified atom stereocenters.